The zero-order valence-corrected chi connectivity index (χ0v) is 14.7. The van der Waals surface area contributed by atoms with E-state index in [9.17, 15) is 19.5 Å². The molecule has 3 N–H and O–H groups in total. The van der Waals surface area contributed by atoms with Crippen LogP contribution in [0.5, 0.6) is 5.88 Å². The van der Waals surface area contributed by atoms with Gasteiger partial charge in [-0.2, -0.15) is 0 Å². The average Bonchev–Trinajstić information content (AvgIpc) is 3.31. The number of ether oxygens (including phenoxy) is 1. The molecule has 2 atom stereocenters. The summed E-state index contributed by atoms with van der Waals surface area (Å²) < 4.78 is 23.4. The second kappa shape index (κ2) is 7.43. The number of fused-ring (bicyclic) bond motifs is 1. The summed E-state index contributed by atoms with van der Waals surface area (Å²) in [5.41, 5.74) is 1.73. The van der Waals surface area contributed by atoms with E-state index in [2.05, 4.69) is 25.4 Å². The van der Waals surface area contributed by atoms with Crippen LogP contribution in [-0.4, -0.2) is 63.1 Å². The highest BCUT2D eigenvalue weighted by Gasteiger charge is 2.31. The van der Waals surface area contributed by atoms with E-state index in [0.717, 1.165) is 11.1 Å². The number of likely N-dealkylation sites (tertiary alicyclic amines) is 1. The van der Waals surface area contributed by atoms with Crippen LogP contribution in [0.25, 0.3) is 0 Å². The van der Waals surface area contributed by atoms with Gasteiger partial charge in [0.15, 0.2) is 6.61 Å². The van der Waals surface area contributed by atoms with Gasteiger partial charge in [-0.3, -0.25) is 4.79 Å². The highest BCUT2D eigenvalue weighted by Crippen LogP contribution is 2.34. The van der Waals surface area contributed by atoms with Crippen molar-refractivity contribution in [3.63, 3.8) is 0 Å². The molecule has 1 aliphatic carbocycles. The third-order valence-corrected chi connectivity index (χ3v) is 4.85. The number of nitrogens with zero attached hydrogens (tertiary/aromatic N) is 4. The van der Waals surface area contributed by atoms with E-state index in [-0.39, 0.29) is 48.3 Å². The van der Waals surface area contributed by atoms with Crippen LogP contribution in [0.15, 0.2) is 28.0 Å². The first-order valence-electron chi connectivity index (χ1n) is 8.73. The maximum absolute atomic E-state index is 13.4. The number of rotatable bonds is 5. The van der Waals surface area contributed by atoms with Gasteiger partial charge in [-0.25, -0.2) is 9.02 Å². The van der Waals surface area contributed by atoms with Crippen LogP contribution >= 0.6 is 0 Å². The topological polar surface area (TPSA) is 133 Å². The van der Waals surface area contributed by atoms with Crippen molar-refractivity contribution in [3.05, 3.63) is 40.8 Å². The Balaban J connectivity index is 1.40. The normalized spacial score (nSPS) is 21.2. The van der Waals surface area contributed by atoms with Gasteiger partial charge in [-0.15, -0.1) is 0 Å². The predicted octanol–water partition coefficient (Wildman–Crippen LogP) is 0.203. The van der Waals surface area contributed by atoms with Gasteiger partial charge in [0.1, 0.15) is 5.82 Å². The van der Waals surface area contributed by atoms with Crippen LogP contribution in [0.3, 0.4) is 0 Å². The molecule has 2 aromatic rings. The number of hydrogen-bond donors (Lipinski definition) is 3. The number of aromatic nitrogens is 2. The first-order chi connectivity index (χ1) is 13.5. The minimum atomic E-state index is -0.527. The fraction of sp³-hybridized carbons (Fsp3) is 0.412. The molecule has 11 heteroatoms. The molecule has 0 spiro atoms. The standard InChI is InChI=1S/C17H18FN5O5/c18-10-2-1-9-5-13(12(9)6-10)19-16(20-26)15-17(22-28-21-15)27-8-14(25)23-4-3-11(24)7-23/h1-2,6,11,13,24,26H,3-5,7-8H2,(H,19,20)/t11-,13+/m1/s1. The van der Waals surface area contributed by atoms with Crippen molar-refractivity contribution in [2.75, 3.05) is 19.7 Å². The molecule has 2 heterocycles. The van der Waals surface area contributed by atoms with E-state index >= 15 is 0 Å². The van der Waals surface area contributed by atoms with Gasteiger partial charge in [-0.1, -0.05) is 11.2 Å². The number of nitrogens with one attached hydrogen (secondary N) is 1. The van der Waals surface area contributed by atoms with Gasteiger partial charge in [0.25, 0.3) is 11.8 Å². The lowest BCUT2D eigenvalue weighted by Crippen LogP contribution is -2.37. The number of carbonyl (C=O) groups is 1. The lowest BCUT2D eigenvalue weighted by atomic mass is 9.83. The van der Waals surface area contributed by atoms with Crippen LogP contribution in [0.2, 0.25) is 0 Å². The summed E-state index contributed by atoms with van der Waals surface area (Å²) >= 11 is 0. The third kappa shape index (κ3) is 3.48. The number of hydrogen-bond acceptors (Lipinski definition) is 8. The Morgan fingerprint density at radius 3 is 3.07 bits per heavy atom. The maximum atomic E-state index is 13.4. The van der Waals surface area contributed by atoms with E-state index in [1.807, 2.05) is 0 Å². The lowest BCUT2D eigenvalue weighted by molar-refractivity contribution is -0.132. The summed E-state index contributed by atoms with van der Waals surface area (Å²) in [6.45, 7) is 0.384. The summed E-state index contributed by atoms with van der Waals surface area (Å²) in [6.07, 6.45) is 0.615. The molecule has 28 heavy (non-hydrogen) atoms. The van der Waals surface area contributed by atoms with Crippen molar-refractivity contribution in [1.82, 2.24) is 20.5 Å². The van der Waals surface area contributed by atoms with Crippen molar-refractivity contribution in [1.29, 1.82) is 0 Å². The lowest BCUT2D eigenvalue weighted by Gasteiger charge is -2.31. The molecule has 0 bridgehead atoms. The highest BCUT2D eigenvalue weighted by molar-refractivity contribution is 5.98. The van der Waals surface area contributed by atoms with E-state index in [1.165, 1.54) is 17.0 Å². The Morgan fingerprint density at radius 1 is 1.46 bits per heavy atom. The molecule has 4 rings (SSSR count). The third-order valence-electron chi connectivity index (χ3n) is 4.85. The molecule has 1 saturated heterocycles. The van der Waals surface area contributed by atoms with Crippen molar-refractivity contribution >= 4 is 11.7 Å². The van der Waals surface area contributed by atoms with E-state index in [1.54, 1.807) is 6.07 Å². The molecule has 0 unspecified atom stereocenters. The Hall–Kier alpha value is -3.21. The molecule has 1 amide bonds. The molecule has 1 aliphatic heterocycles. The fourth-order valence-corrected chi connectivity index (χ4v) is 3.32. The largest absolute Gasteiger partial charge is 0.464 e. The Kier molecular flexibility index (Phi) is 4.82. The molecule has 0 radical (unpaired) electrons. The zero-order chi connectivity index (χ0) is 19.7. The van der Waals surface area contributed by atoms with Crippen LogP contribution < -0.4 is 10.1 Å². The first kappa shape index (κ1) is 18.2. The van der Waals surface area contributed by atoms with E-state index in [4.69, 9.17) is 4.74 Å². The van der Waals surface area contributed by atoms with Crippen LogP contribution in [0, 0.1) is 5.82 Å². The molecule has 0 saturated carbocycles. The maximum Gasteiger partial charge on any atom is 0.287 e. The number of oxime groups is 1. The number of carbonyl (C=O) groups excluding carboxylic acids is 1. The van der Waals surface area contributed by atoms with Crippen molar-refractivity contribution in [2.24, 2.45) is 5.16 Å². The van der Waals surface area contributed by atoms with Crippen LogP contribution in [-0.2, 0) is 11.2 Å². The summed E-state index contributed by atoms with van der Waals surface area (Å²) in [5.74, 6) is -0.859. The van der Waals surface area contributed by atoms with Gasteiger partial charge < -0.3 is 25.3 Å². The fourth-order valence-electron chi connectivity index (χ4n) is 3.32. The molecular weight excluding hydrogens is 373 g/mol. The average molecular weight is 391 g/mol. The van der Waals surface area contributed by atoms with Gasteiger partial charge in [0, 0.05) is 13.1 Å². The minimum absolute atomic E-state index is 0.0124. The Bertz CT molecular complexity index is 917. The summed E-state index contributed by atoms with van der Waals surface area (Å²) in [6, 6.07) is 4.23. The van der Waals surface area contributed by atoms with Crippen molar-refractivity contribution in [2.45, 2.75) is 25.0 Å². The van der Waals surface area contributed by atoms with Crippen molar-refractivity contribution < 1.29 is 28.9 Å². The second-order valence-electron chi connectivity index (χ2n) is 6.68. The van der Waals surface area contributed by atoms with Crippen LogP contribution in [0.4, 0.5) is 4.39 Å². The number of benzene rings is 1. The van der Waals surface area contributed by atoms with Gasteiger partial charge in [0.05, 0.1) is 12.1 Å². The number of halogens is 1. The Labute approximate surface area is 158 Å². The Morgan fingerprint density at radius 2 is 2.32 bits per heavy atom. The SMILES string of the molecule is O=C(COc1nonc1/C(=N\O)N[C@H]1Cc2ccc(F)cc21)N1CC[C@@H](O)C1. The van der Waals surface area contributed by atoms with Crippen LogP contribution in [0.1, 0.15) is 29.3 Å². The van der Waals surface area contributed by atoms with E-state index < -0.39 is 6.10 Å². The number of aliphatic hydroxyl groups is 1. The molecule has 1 fully saturated rings. The summed E-state index contributed by atoms with van der Waals surface area (Å²) in [4.78, 5) is 13.6. The van der Waals surface area contributed by atoms with Gasteiger partial charge in [-0.05, 0) is 46.4 Å². The quantitative estimate of drug-likeness (QED) is 0.285. The predicted molar refractivity (Wildman–Crippen MR) is 91.3 cm³/mol. The summed E-state index contributed by atoms with van der Waals surface area (Å²) in [5, 5.41) is 32.2. The molecular formula is C17H18FN5O5. The highest BCUT2D eigenvalue weighted by atomic mass is 19.1. The van der Waals surface area contributed by atoms with Gasteiger partial charge >= 0.3 is 0 Å². The van der Waals surface area contributed by atoms with E-state index in [0.29, 0.717) is 19.4 Å². The monoisotopic (exact) mass is 391 g/mol. The number of amidine groups is 1. The first-order valence-corrected chi connectivity index (χ1v) is 8.73. The number of aliphatic hydroxyl groups excluding tert-OH is 1. The summed E-state index contributed by atoms with van der Waals surface area (Å²) in [7, 11) is 0. The van der Waals surface area contributed by atoms with Gasteiger partial charge in [0.2, 0.25) is 11.5 Å². The number of β-amino-alcohol motifs (C(OH)–C–C–N with tert-alkyl or cyclic N) is 1. The molecule has 2 aliphatic rings. The molecule has 10 nitrogen and oxygen atoms in total. The zero-order valence-electron chi connectivity index (χ0n) is 14.7. The second-order valence-corrected chi connectivity index (χ2v) is 6.68. The van der Waals surface area contributed by atoms with Crippen molar-refractivity contribution in [3.8, 4) is 5.88 Å². The molecule has 1 aromatic carbocycles. The smallest absolute Gasteiger partial charge is 0.287 e. The molecule has 1 aromatic heterocycles. The molecule has 148 valence electrons. The minimum Gasteiger partial charge on any atom is -0.464 e. The number of amides is 1.